The first kappa shape index (κ1) is 32.6. The third-order valence-electron chi connectivity index (χ3n) is 7.69. The maximum absolute atomic E-state index is 9.38. The largest absolute Gasteiger partial charge is 0.394 e. The Kier molecular flexibility index (Phi) is 14.9. The van der Waals surface area contributed by atoms with Crippen LogP contribution in [0.15, 0.2) is 57.7 Å². The fourth-order valence-electron chi connectivity index (χ4n) is 5.08. The summed E-state index contributed by atoms with van der Waals surface area (Å²) in [6.07, 6.45) is 16.7. The molecule has 0 aromatic rings. The lowest BCUT2D eigenvalue weighted by Gasteiger charge is -2.33. The van der Waals surface area contributed by atoms with Crippen LogP contribution in [0.25, 0.3) is 0 Å². The molecule has 3 nitrogen and oxygen atoms in total. The zero-order chi connectivity index (χ0) is 27.3. The molecular formula is C33H56O3. The van der Waals surface area contributed by atoms with E-state index in [0.717, 1.165) is 25.7 Å². The Hall–Kier alpha value is -1.42. The summed E-state index contributed by atoms with van der Waals surface area (Å²) in [4.78, 5) is 0. The minimum absolute atomic E-state index is 0.0691. The van der Waals surface area contributed by atoms with Crippen molar-refractivity contribution in [3.8, 4) is 0 Å². The van der Waals surface area contributed by atoms with Crippen molar-refractivity contribution in [2.45, 2.75) is 127 Å². The van der Waals surface area contributed by atoms with Crippen molar-refractivity contribution in [2.24, 2.45) is 11.3 Å². The molecule has 1 heterocycles. The standard InChI is InChI=1S/C31H50O3.C2H6/c1-22-18-28(21-32)34-30(19-22)33-17-15-25(4)23(2)12-9-10-13-24(3)27(6)20-29-26(5)14-11-16-31(29,7)8;1-2/h12-13,15,20,22,28,30,32H,9-11,14,16-19,21H2,1-8H3;1-2H3/b23-12+,24-13+,25-15+,27-20+;. The van der Waals surface area contributed by atoms with Crippen LogP contribution < -0.4 is 0 Å². The molecule has 0 aromatic heterocycles. The Morgan fingerprint density at radius 3 is 2.14 bits per heavy atom. The van der Waals surface area contributed by atoms with E-state index in [-0.39, 0.29) is 19.0 Å². The van der Waals surface area contributed by atoms with Crippen LogP contribution >= 0.6 is 0 Å². The average molecular weight is 501 g/mol. The maximum Gasteiger partial charge on any atom is 0.158 e. The molecule has 1 fully saturated rings. The van der Waals surface area contributed by atoms with Crippen LogP contribution in [-0.2, 0) is 9.47 Å². The summed E-state index contributed by atoms with van der Waals surface area (Å²) in [6, 6.07) is 0. The van der Waals surface area contributed by atoms with Gasteiger partial charge in [-0.2, -0.15) is 0 Å². The van der Waals surface area contributed by atoms with Gasteiger partial charge in [0.05, 0.1) is 19.3 Å². The predicted molar refractivity (Wildman–Crippen MR) is 156 cm³/mol. The molecule has 2 aliphatic rings. The van der Waals surface area contributed by atoms with Gasteiger partial charge in [0.2, 0.25) is 0 Å². The summed E-state index contributed by atoms with van der Waals surface area (Å²) in [5.74, 6) is 0.521. The number of hydrogen-bond donors (Lipinski definition) is 1. The third kappa shape index (κ3) is 10.9. The third-order valence-corrected chi connectivity index (χ3v) is 7.69. The van der Waals surface area contributed by atoms with Crippen LogP contribution in [0, 0.1) is 11.3 Å². The number of aliphatic hydroxyl groups is 1. The Bertz CT molecular complexity index is 822. The highest BCUT2D eigenvalue weighted by Gasteiger charge is 2.27. The Morgan fingerprint density at radius 1 is 0.972 bits per heavy atom. The van der Waals surface area contributed by atoms with Crippen LogP contribution in [0.1, 0.15) is 114 Å². The van der Waals surface area contributed by atoms with Gasteiger partial charge >= 0.3 is 0 Å². The molecule has 0 bridgehead atoms. The topological polar surface area (TPSA) is 38.7 Å². The van der Waals surface area contributed by atoms with Crippen molar-refractivity contribution in [2.75, 3.05) is 13.2 Å². The van der Waals surface area contributed by atoms with Crippen LogP contribution in [0.5, 0.6) is 0 Å². The van der Waals surface area contributed by atoms with Gasteiger partial charge in [0.1, 0.15) is 0 Å². The van der Waals surface area contributed by atoms with E-state index in [0.29, 0.717) is 17.9 Å². The van der Waals surface area contributed by atoms with E-state index in [1.165, 1.54) is 41.6 Å². The van der Waals surface area contributed by atoms with Crippen molar-refractivity contribution < 1.29 is 14.6 Å². The molecule has 36 heavy (non-hydrogen) atoms. The van der Waals surface area contributed by atoms with Gasteiger partial charge < -0.3 is 14.6 Å². The molecule has 206 valence electrons. The molecule has 0 amide bonds. The van der Waals surface area contributed by atoms with Gasteiger partial charge in [-0.25, -0.2) is 0 Å². The van der Waals surface area contributed by atoms with E-state index in [1.54, 1.807) is 11.1 Å². The summed E-state index contributed by atoms with van der Waals surface area (Å²) in [5.41, 5.74) is 8.73. The number of ether oxygens (including phenoxy) is 2. The lowest BCUT2D eigenvalue weighted by Crippen LogP contribution is -2.35. The summed E-state index contributed by atoms with van der Waals surface area (Å²) in [5, 5.41) is 9.38. The maximum atomic E-state index is 9.38. The summed E-state index contributed by atoms with van der Waals surface area (Å²) in [6.45, 7) is 22.7. The minimum atomic E-state index is -0.211. The highest BCUT2D eigenvalue weighted by atomic mass is 16.7. The van der Waals surface area contributed by atoms with Gasteiger partial charge in [-0.3, -0.25) is 0 Å². The minimum Gasteiger partial charge on any atom is -0.394 e. The van der Waals surface area contributed by atoms with Crippen LogP contribution in [0.4, 0.5) is 0 Å². The first-order valence-corrected chi connectivity index (χ1v) is 14.3. The monoisotopic (exact) mass is 500 g/mol. The molecule has 3 unspecified atom stereocenters. The van der Waals surface area contributed by atoms with E-state index in [1.807, 2.05) is 13.8 Å². The quantitative estimate of drug-likeness (QED) is 0.240. The Balaban J connectivity index is 0.00000316. The van der Waals surface area contributed by atoms with E-state index >= 15 is 0 Å². The average Bonchev–Trinajstić information content (AvgIpc) is 2.84. The highest BCUT2D eigenvalue weighted by molar-refractivity contribution is 5.40. The molecule has 1 saturated heterocycles. The van der Waals surface area contributed by atoms with Gasteiger partial charge in [-0.15, -0.1) is 0 Å². The van der Waals surface area contributed by atoms with E-state index in [2.05, 4.69) is 79.7 Å². The van der Waals surface area contributed by atoms with Gasteiger partial charge in [-0.1, -0.05) is 81.2 Å². The Morgan fingerprint density at radius 2 is 1.56 bits per heavy atom. The van der Waals surface area contributed by atoms with Gasteiger partial charge in [0, 0.05) is 6.42 Å². The fourth-order valence-corrected chi connectivity index (χ4v) is 5.08. The second kappa shape index (κ2) is 16.4. The smallest absolute Gasteiger partial charge is 0.158 e. The number of aliphatic hydroxyl groups excluding tert-OH is 1. The molecule has 0 aromatic carbocycles. The van der Waals surface area contributed by atoms with Crippen molar-refractivity contribution in [1.82, 2.24) is 0 Å². The zero-order valence-corrected chi connectivity index (χ0v) is 25.2. The van der Waals surface area contributed by atoms with Crippen molar-refractivity contribution in [1.29, 1.82) is 0 Å². The first-order chi connectivity index (χ1) is 17.0. The number of rotatable bonds is 10. The number of allylic oxidation sites excluding steroid dienone is 9. The SMILES string of the molecule is CC.CC1=C(/C=C(C)/C(C)=C/CC/C=C(C)/C(C)=C/COC2CC(C)CC(CO)O2)C(C)(C)CCC1. The van der Waals surface area contributed by atoms with Crippen molar-refractivity contribution in [3.63, 3.8) is 0 Å². The van der Waals surface area contributed by atoms with Crippen LogP contribution in [0.2, 0.25) is 0 Å². The summed E-state index contributed by atoms with van der Waals surface area (Å²) < 4.78 is 11.7. The lowest BCUT2D eigenvalue weighted by molar-refractivity contribution is -0.206. The number of unbranched alkanes of at least 4 members (excludes halogenated alkanes) is 1. The number of hydrogen-bond acceptors (Lipinski definition) is 3. The molecule has 3 atom stereocenters. The van der Waals surface area contributed by atoms with Gasteiger partial charge in [-0.05, 0) is 95.6 Å². The fraction of sp³-hybridized carbons (Fsp3) is 0.697. The van der Waals surface area contributed by atoms with Gasteiger partial charge in [0.25, 0.3) is 0 Å². The molecule has 1 N–H and O–H groups in total. The molecule has 1 aliphatic carbocycles. The normalized spacial score (nSPS) is 26.0. The predicted octanol–water partition coefficient (Wildman–Crippen LogP) is 9.25. The molecule has 0 saturated carbocycles. The van der Waals surface area contributed by atoms with Crippen molar-refractivity contribution >= 4 is 0 Å². The molecule has 0 spiro atoms. The summed E-state index contributed by atoms with van der Waals surface area (Å²) in [7, 11) is 0. The van der Waals surface area contributed by atoms with Crippen LogP contribution in [-0.4, -0.2) is 30.7 Å². The van der Waals surface area contributed by atoms with E-state index in [9.17, 15) is 5.11 Å². The first-order valence-electron chi connectivity index (χ1n) is 14.3. The van der Waals surface area contributed by atoms with Crippen molar-refractivity contribution in [3.05, 3.63) is 57.7 Å². The molecule has 3 heteroatoms. The van der Waals surface area contributed by atoms with Gasteiger partial charge in [0.15, 0.2) is 6.29 Å². The Labute approximate surface area is 223 Å². The molecule has 1 aliphatic heterocycles. The zero-order valence-electron chi connectivity index (χ0n) is 25.2. The molecule has 2 rings (SSSR count). The second-order valence-corrected chi connectivity index (χ2v) is 11.3. The van der Waals surface area contributed by atoms with Crippen LogP contribution in [0.3, 0.4) is 0 Å². The lowest BCUT2D eigenvalue weighted by atomic mass is 9.72. The van der Waals surface area contributed by atoms with E-state index in [4.69, 9.17) is 9.47 Å². The second-order valence-electron chi connectivity index (χ2n) is 11.3. The molecule has 0 radical (unpaired) electrons. The molecular weight excluding hydrogens is 444 g/mol. The summed E-state index contributed by atoms with van der Waals surface area (Å²) >= 11 is 0. The van der Waals surface area contributed by atoms with E-state index < -0.39 is 0 Å². The highest BCUT2D eigenvalue weighted by Crippen LogP contribution is 2.41.